The molecule has 1 aliphatic carbocycles. The monoisotopic (exact) mass is 422 g/mol. The minimum absolute atomic E-state index is 0.626. The summed E-state index contributed by atoms with van der Waals surface area (Å²) in [6.45, 7) is 9.90. The van der Waals surface area contributed by atoms with E-state index in [1.165, 1.54) is 32.1 Å². The number of fused-ring (bicyclic) bond motifs is 1. The molecule has 1 fully saturated rings. The van der Waals surface area contributed by atoms with Crippen molar-refractivity contribution in [2.24, 2.45) is 5.92 Å². The Balaban J connectivity index is 1.78. The lowest BCUT2D eigenvalue weighted by molar-refractivity contribution is 0.336. The summed E-state index contributed by atoms with van der Waals surface area (Å²) in [5.74, 6) is 3.20. The Hall–Kier alpha value is -2.76. The molecule has 1 N–H and O–H groups in total. The molecular weight excluding hydrogens is 388 g/mol. The lowest BCUT2D eigenvalue weighted by atomic mass is 9.89. The lowest BCUT2D eigenvalue weighted by Gasteiger charge is -2.22. The van der Waals surface area contributed by atoms with Gasteiger partial charge in [-0.05, 0) is 58.6 Å². The Labute approximate surface area is 185 Å². The van der Waals surface area contributed by atoms with Crippen molar-refractivity contribution in [2.45, 2.75) is 59.8 Å². The van der Waals surface area contributed by atoms with Crippen LogP contribution in [-0.4, -0.2) is 35.0 Å². The van der Waals surface area contributed by atoms with E-state index in [2.05, 4.69) is 40.0 Å². The molecule has 166 valence electrons. The molecule has 2 heterocycles. The van der Waals surface area contributed by atoms with Crippen molar-refractivity contribution >= 4 is 16.6 Å². The maximum absolute atomic E-state index is 5.73. The molecule has 0 spiro atoms. The highest BCUT2D eigenvalue weighted by atomic mass is 16.5. The van der Waals surface area contributed by atoms with Crippen LogP contribution in [0.1, 0.15) is 56.1 Å². The number of ether oxygens (including phenoxy) is 2. The third-order valence-electron chi connectivity index (χ3n) is 6.53. The third-order valence-corrected chi connectivity index (χ3v) is 6.53. The normalized spacial score (nSPS) is 14.7. The van der Waals surface area contributed by atoms with E-state index < -0.39 is 0 Å². The van der Waals surface area contributed by atoms with Crippen molar-refractivity contribution < 1.29 is 9.47 Å². The number of hydrogen-bond acceptors (Lipinski definition) is 5. The Kier molecular flexibility index (Phi) is 6.35. The van der Waals surface area contributed by atoms with Crippen molar-refractivity contribution in [1.29, 1.82) is 0 Å². The topological polar surface area (TPSA) is 61.2 Å². The molecule has 6 nitrogen and oxygen atoms in total. The fourth-order valence-electron chi connectivity index (χ4n) is 5.01. The van der Waals surface area contributed by atoms with Crippen LogP contribution in [0.2, 0.25) is 0 Å². The van der Waals surface area contributed by atoms with Gasteiger partial charge >= 0.3 is 0 Å². The van der Waals surface area contributed by atoms with Crippen LogP contribution in [0.15, 0.2) is 18.2 Å². The van der Waals surface area contributed by atoms with Crippen LogP contribution < -0.4 is 14.8 Å². The van der Waals surface area contributed by atoms with E-state index >= 15 is 0 Å². The lowest BCUT2D eigenvalue weighted by Crippen LogP contribution is -2.18. The van der Waals surface area contributed by atoms with E-state index in [1.807, 2.05) is 26.0 Å². The fraction of sp³-hybridized carbons (Fsp3) is 0.520. The predicted molar refractivity (Wildman–Crippen MR) is 126 cm³/mol. The molecule has 31 heavy (non-hydrogen) atoms. The van der Waals surface area contributed by atoms with Crippen molar-refractivity contribution in [1.82, 2.24) is 14.8 Å². The molecule has 1 aromatic carbocycles. The Morgan fingerprint density at radius 2 is 1.77 bits per heavy atom. The maximum Gasteiger partial charge on any atom is 0.158 e. The number of aromatic nitrogens is 3. The molecule has 0 saturated heterocycles. The molecule has 0 aliphatic heterocycles. The highest BCUT2D eigenvalue weighted by molar-refractivity contribution is 5.98. The van der Waals surface area contributed by atoms with Crippen LogP contribution >= 0.6 is 0 Å². The molecule has 6 heteroatoms. The first kappa shape index (κ1) is 21.5. The van der Waals surface area contributed by atoms with Gasteiger partial charge < -0.3 is 19.4 Å². The molecule has 3 aromatic rings. The highest BCUT2D eigenvalue weighted by Gasteiger charge is 2.22. The van der Waals surface area contributed by atoms with Crippen LogP contribution in [0.4, 0.5) is 5.82 Å². The Morgan fingerprint density at radius 1 is 1.03 bits per heavy atom. The third kappa shape index (κ3) is 4.08. The molecule has 0 bridgehead atoms. The first-order valence-electron chi connectivity index (χ1n) is 11.4. The summed E-state index contributed by atoms with van der Waals surface area (Å²) in [6, 6.07) is 6.01. The second-order valence-corrected chi connectivity index (χ2v) is 8.54. The van der Waals surface area contributed by atoms with Gasteiger partial charge in [0, 0.05) is 34.8 Å². The summed E-state index contributed by atoms with van der Waals surface area (Å²) in [7, 11) is 1.70. The van der Waals surface area contributed by atoms with Gasteiger partial charge in [-0.3, -0.25) is 0 Å². The van der Waals surface area contributed by atoms with E-state index in [4.69, 9.17) is 9.47 Å². The second kappa shape index (κ2) is 9.16. The number of methoxy groups -OCH3 is 1. The smallest absolute Gasteiger partial charge is 0.158 e. The van der Waals surface area contributed by atoms with Gasteiger partial charge in [0.25, 0.3) is 0 Å². The zero-order chi connectivity index (χ0) is 22.0. The summed E-state index contributed by atoms with van der Waals surface area (Å²) in [4.78, 5) is 0. The minimum atomic E-state index is 0.626. The van der Waals surface area contributed by atoms with Crippen LogP contribution in [0.25, 0.3) is 16.5 Å². The molecule has 1 aliphatic rings. The van der Waals surface area contributed by atoms with Crippen molar-refractivity contribution in [3.8, 4) is 17.2 Å². The number of nitrogens with one attached hydrogen (secondary N) is 1. The first-order valence-corrected chi connectivity index (χ1v) is 11.4. The van der Waals surface area contributed by atoms with Crippen LogP contribution in [-0.2, 0) is 0 Å². The molecule has 0 unspecified atom stereocenters. The van der Waals surface area contributed by atoms with E-state index in [0.29, 0.717) is 6.61 Å². The van der Waals surface area contributed by atoms with Gasteiger partial charge in [-0.15, -0.1) is 5.10 Å². The number of aryl methyl sites for hydroxylation is 3. The zero-order valence-electron chi connectivity index (χ0n) is 19.4. The van der Waals surface area contributed by atoms with E-state index in [0.717, 1.165) is 63.3 Å². The maximum atomic E-state index is 5.73. The summed E-state index contributed by atoms with van der Waals surface area (Å²) in [5.41, 5.74) is 4.22. The molecule has 0 radical (unpaired) electrons. The van der Waals surface area contributed by atoms with Crippen LogP contribution in [0.3, 0.4) is 0 Å². The Morgan fingerprint density at radius 3 is 2.48 bits per heavy atom. The molecule has 4 rings (SSSR count). The highest BCUT2D eigenvalue weighted by Crippen LogP contribution is 2.38. The van der Waals surface area contributed by atoms with E-state index in [1.54, 1.807) is 7.11 Å². The first-order chi connectivity index (χ1) is 15.0. The van der Waals surface area contributed by atoms with Crippen LogP contribution in [0, 0.1) is 26.7 Å². The SMILES string of the molecule is CCOc1ccc(-n2c(C)c3c(C)nnc(NCC4CCCCC4)c3c2C)c(OC)c1. The van der Waals surface area contributed by atoms with Gasteiger partial charge in [0.1, 0.15) is 11.5 Å². The number of anilines is 1. The zero-order valence-corrected chi connectivity index (χ0v) is 19.4. The summed E-state index contributed by atoms with van der Waals surface area (Å²) in [6.07, 6.45) is 6.66. The number of rotatable bonds is 7. The van der Waals surface area contributed by atoms with Gasteiger partial charge in [-0.1, -0.05) is 19.3 Å². The number of hydrogen-bond donors (Lipinski definition) is 1. The summed E-state index contributed by atoms with van der Waals surface area (Å²) >= 11 is 0. The Bertz CT molecular complexity index is 1070. The molecule has 0 amide bonds. The average molecular weight is 423 g/mol. The second-order valence-electron chi connectivity index (χ2n) is 8.54. The predicted octanol–water partition coefficient (Wildman–Crippen LogP) is 5.75. The molecule has 1 saturated carbocycles. The van der Waals surface area contributed by atoms with Crippen molar-refractivity contribution in [3.05, 3.63) is 35.3 Å². The van der Waals surface area contributed by atoms with Gasteiger partial charge in [0.05, 0.1) is 25.1 Å². The van der Waals surface area contributed by atoms with Gasteiger partial charge in [0.2, 0.25) is 0 Å². The van der Waals surface area contributed by atoms with E-state index in [-0.39, 0.29) is 0 Å². The molecule has 0 atom stereocenters. The molecular formula is C25H34N4O2. The standard InChI is InChI=1S/C25H34N4O2/c1-6-31-20-12-13-21(22(14-20)30-5)29-17(3)23-16(2)27-28-25(24(23)18(29)4)26-15-19-10-8-7-9-11-19/h12-14,19H,6-11,15H2,1-5H3,(H,26,28). The minimum Gasteiger partial charge on any atom is -0.494 e. The van der Waals surface area contributed by atoms with E-state index in [9.17, 15) is 0 Å². The molecule has 2 aromatic heterocycles. The summed E-state index contributed by atoms with van der Waals surface area (Å²) in [5, 5.41) is 15.0. The van der Waals surface area contributed by atoms with Crippen molar-refractivity contribution in [3.63, 3.8) is 0 Å². The van der Waals surface area contributed by atoms with Gasteiger partial charge in [-0.2, -0.15) is 5.10 Å². The quantitative estimate of drug-likeness (QED) is 0.526. The van der Waals surface area contributed by atoms with Crippen molar-refractivity contribution in [2.75, 3.05) is 25.6 Å². The van der Waals surface area contributed by atoms with Crippen LogP contribution in [0.5, 0.6) is 11.5 Å². The van der Waals surface area contributed by atoms with Gasteiger partial charge in [-0.25, -0.2) is 0 Å². The van der Waals surface area contributed by atoms with Gasteiger partial charge in [0.15, 0.2) is 5.82 Å². The summed E-state index contributed by atoms with van der Waals surface area (Å²) < 4.78 is 13.7. The number of nitrogens with zero attached hydrogens (tertiary/aromatic N) is 3. The number of benzene rings is 1. The average Bonchev–Trinajstić information content (AvgIpc) is 3.05. The largest absolute Gasteiger partial charge is 0.494 e. The fourth-order valence-corrected chi connectivity index (χ4v) is 5.01.